The molecule has 0 aliphatic carbocycles. The smallest absolute Gasteiger partial charge is 0.268 e. The zero-order valence-corrected chi connectivity index (χ0v) is 11.9. The Morgan fingerprint density at radius 3 is 2.74 bits per heavy atom. The minimum absolute atomic E-state index is 0.0634. The predicted octanol–water partition coefficient (Wildman–Crippen LogP) is 1.20. The third kappa shape index (κ3) is 2.67. The van der Waals surface area contributed by atoms with Gasteiger partial charge in [0.05, 0.1) is 10.6 Å². The van der Waals surface area contributed by atoms with Crippen LogP contribution in [-0.4, -0.2) is 4.57 Å². The number of hydrogen-bond donors (Lipinski definition) is 0. The SMILES string of the molecule is Cc1ccc(/C=c2\s/c(=C\C#N)n(C)c2=O)c(C)c1. The van der Waals surface area contributed by atoms with Gasteiger partial charge in [-0.15, -0.1) is 11.3 Å². The van der Waals surface area contributed by atoms with E-state index in [2.05, 4.69) is 6.07 Å². The summed E-state index contributed by atoms with van der Waals surface area (Å²) in [4.78, 5) is 12.1. The van der Waals surface area contributed by atoms with Gasteiger partial charge in [0.1, 0.15) is 4.66 Å². The van der Waals surface area contributed by atoms with E-state index in [-0.39, 0.29) is 5.56 Å². The molecule has 0 bridgehead atoms. The summed E-state index contributed by atoms with van der Waals surface area (Å²) in [5, 5.41) is 8.68. The van der Waals surface area contributed by atoms with Crippen molar-refractivity contribution in [1.82, 2.24) is 4.57 Å². The second-order valence-corrected chi connectivity index (χ2v) is 5.51. The van der Waals surface area contributed by atoms with Gasteiger partial charge < -0.3 is 4.57 Å². The number of nitriles is 1. The molecule has 2 rings (SSSR count). The van der Waals surface area contributed by atoms with Crippen molar-refractivity contribution in [3.05, 3.63) is 54.4 Å². The molecule has 0 unspecified atom stereocenters. The first kappa shape index (κ1) is 13.3. The van der Waals surface area contributed by atoms with Crippen LogP contribution in [0.15, 0.2) is 23.0 Å². The molecule has 0 aliphatic rings. The van der Waals surface area contributed by atoms with Crippen molar-refractivity contribution in [3.63, 3.8) is 0 Å². The van der Waals surface area contributed by atoms with Gasteiger partial charge in [-0.05, 0) is 31.1 Å². The quantitative estimate of drug-likeness (QED) is 0.781. The second-order valence-electron chi connectivity index (χ2n) is 4.45. The first-order valence-electron chi connectivity index (χ1n) is 5.87. The molecule has 0 N–H and O–H groups in total. The molecule has 96 valence electrons. The average molecular weight is 270 g/mol. The maximum Gasteiger partial charge on any atom is 0.268 e. The molecule has 1 aromatic heterocycles. The van der Waals surface area contributed by atoms with Gasteiger partial charge in [0.2, 0.25) is 0 Å². The van der Waals surface area contributed by atoms with E-state index in [0.717, 1.165) is 11.1 Å². The summed E-state index contributed by atoms with van der Waals surface area (Å²) >= 11 is 1.34. The van der Waals surface area contributed by atoms with E-state index in [1.807, 2.05) is 38.1 Å². The topological polar surface area (TPSA) is 45.8 Å². The zero-order valence-electron chi connectivity index (χ0n) is 11.1. The molecule has 2 aromatic rings. The number of thiazole rings is 1. The number of aryl methyl sites for hydroxylation is 2. The van der Waals surface area contributed by atoms with Crippen molar-refractivity contribution < 1.29 is 0 Å². The van der Waals surface area contributed by atoms with Crippen LogP contribution in [0.5, 0.6) is 0 Å². The summed E-state index contributed by atoms with van der Waals surface area (Å²) in [5.74, 6) is 0. The molecule has 0 atom stereocenters. The molecule has 0 saturated heterocycles. The van der Waals surface area contributed by atoms with E-state index in [0.29, 0.717) is 9.20 Å². The molecule has 1 aromatic carbocycles. The summed E-state index contributed by atoms with van der Waals surface area (Å²) in [6.45, 7) is 4.07. The maximum absolute atomic E-state index is 12.1. The van der Waals surface area contributed by atoms with Crippen molar-refractivity contribution in [2.45, 2.75) is 13.8 Å². The molecule has 0 fully saturated rings. The van der Waals surface area contributed by atoms with Crippen molar-refractivity contribution in [2.24, 2.45) is 7.05 Å². The Bertz CT molecular complexity index is 834. The number of rotatable bonds is 1. The molecule has 0 amide bonds. The number of nitrogens with zero attached hydrogens (tertiary/aromatic N) is 2. The first-order valence-corrected chi connectivity index (χ1v) is 6.69. The predicted molar refractivity (Wildman–Crippen MR) is 78.4 cm³/mol. The van der Waals surface area contributed by atoms with Crippen LogP contribution in [0.3, 0.4) is 0 Å². The fourth-order valence-corrected chi connectivity index (χ4v) is 2.86. The van der Waals surface area contributed by atoms with Crippen LogP contribution in [0.2, 0.25) is 0 Å². The number of aromatic nitrogens is 1. The molecule has 0 aliphatic heterocycles. The third-order valence-electron chi connectivity index (χ3n) is 2.96. The fourth-order valence-electron chi connectivity index (χ4n) is 1.89. The van der Waals surface area contributed by atoms with Crippen molar-refractivity contribution in [3.8, 4) is 6.07 Å². The standard InChI is InChI=1S/C15H14N2OS/c1-10-4-5-12(11(2)8-10)9-13-15(18)17(3)14(19-13)6-7-16/h4-6,8-9H,1-3H3/b13-9-,14-6-. The Kier molecular flexibility index (Phi) is 3.68. The van der Waals surface area contributed by atoms with Gasteiger partial charge in [-0.2, -0.15) is 5.26 Å². The van der Waals surface area contributed by atoms with Gasteiger partial charge in [0.15, 0.2) is 0 Å². The van der Waals surface area contributed by atoms with Crippen LogP contribution in [0, 0.1) is 25.2 Å². The Hall–Kier alpha value is -2.12. The molecule has 19 heavy (non-hydrogen) atoms. The first-order chi connectivity index (χ1) is 9.02. The molecular weight excluding hydrogens is 256 g/mol. The van der Waals surface area contributed by atoms with E-state index in [1.54, 1.807) is 7.05 Å². The molecule has 0 radical (unpaired) electrons. The molecule has 4 heteroatoms. The molecule has 3 nitrogen and oxygen atoms in total. The summed E-state index contributed by atoms with van der Waals surface area (Å²) in [7, 11) is 1.68. The maximum atomic E-state index is 12.1. The van der Waals surface area contributed by atoms with Gasteiger partial charge in [-0.25, -0.2) is 0 Å². The Morgan fingerprint density at radius 1 is 1.37 bits per heavy atom. The van der Waals surface area contributed by atoms with Crippen LogP contribution in [0.25, 0.3) is 12.2 Å². The van der Waals surface area contributed by atoms with Gasteiger partial charge in [0, 0.05) is 13.1 Å². The van der Waals surface area contributed by atoms with Crippen LogP contribution in [0.4, 0.5) is 0 Å². The van der Waals surface area contributed by atoms with Gasteiger partial charge in [-0.3, -0.25) is 4.79 Å². The largest absolute Gasteiger partial charge is 0.301 e. The van der Waals surface area contributed by atoms with Gasteiger partial charge in [0.25, 0.3) is 5.56 Å². The zero-order chi connectivity index (χ0) is 14.0. The van der Waals surface area contributed by atoms with Crippen molar-refractivity contribution in [2.75, 3.05) is 0 Å². The molecule has 1 heterocycles. The lowest BCUT2D eigenvalue weighted by molar-refractivity contribution is 0.857. The monoisotopic (exact) mass is 270 g/mol. The highest BCUT2D eigenvalue weighted by molar-refractivity contribution is 7.07. The normalized spacial score (nSPS) is 12.7. The van der Waals surface area contributed by atoms with Gasteiger partial charge >= 0.3 is 0 Å². The third-order valence-corrected chi connectivity index (χ3v) is 4.07. The lowest BCUT2D eigenvalue weighted by atomic mass is 10.1. The molecule has 0 spiro atoms. The van der Waals surface area contributed by atoms with E-state index in [1.165, 1.54) is 27.5 Å². The van der Waals surface area contributed by atoms with Crippen molar-refractivity contribution in [1.29, 1.82) is 5.26 Å². The fraction of sp³-hybridized carbons (Fsp3) is 0.200. The van der Waals surface area contributed by atoms with E-state index >= 15 is 0 Å². The highest BCUT2D eigenvalue weighted by Gasteiger charge is 2.01. The number of benzene rings is 1. The molecule has 0 saturated carbocycles. The minimum atomic E-state index is -0.0634. The van der Waals surface area contributed by atoms with Gasteiger partial charge in [-0.1, -0.05) is 23.8 Å². The second kappa shape index (κ2) is 5.25. The Balaban J connectivity index is 2.69. The lowest BCUT2D eigenvalue weighted by Gasteiger charge is -2.00. The van der Waals surface area contributed by atoms with Crippen LogP contribution < -0.4 is 14.8 Å². The van der Waals surface area contributed by atoms with E-state index < -0.39 is 0 Å². The Morgan fingerprint density at radius 2 is 2.11 bits per heavy atom. The Labute approximate surface area is 115 Å². The van der Waals surface area contributed by atoms with Crippen LogP contribution >= 0.6 is 11.3 Å². The summed E-state index contributed by atoms with van der Waals surface area (Å²) in [6.07, 6.45) is 3.28. The minimum Gasteiger partial charge on any atom is -0.301 e. The highest BCUT2D eigenvalue weighted by Crippen LogP contribution is 2.10. The summed E-state index contributed by atoms with van der Waals surface area (Å²) in [6, 6.07) is 8.09. The summed E-state index contributed by atoms with van der Waals surface area (Å²) in [5.41, 5.74) is 3.31. The van der Waals surface area contributed by atoms with E-state index in [4.69, 9.17) is 5.26 Å². The van der Waals surface area contributed by atoms with Crippen LogP contribution in [0.1, 0.15) is 16.7 Å². The average Bonchev–Trinajstić information content (AvgIpc) is 2.62. The van der Waals surface area contributed by atoms with Crippen LogP contribution in [-0.2, 0) is 7.05 Å². The number of hydrogen-bond acceptors (Lipinski definition) is 3. The lowest BCUT2D eigenvalue weighted by Crippen LogP contribution is -2.28. The summed E-state index contributed by atoms with van der Waals surface area (Å²) < 4.78 is 2.82. The van der Waals surface area contributed by atoms with Crippen molar-refractivity contribution >= 4 is 23.5 Å². The highest BCUT2D eigenvalue weighted by atomic mass is 32.1. The molecular formula is C15H14N2OS. The van der Waals surface area contributed by atoms with E-state index in [9.17, 15) is 4.79 Å².